The second-order valence-corrected chi connectivity index (χ2v) is 5.53. The molecule has 1 aliphatic rings. The van der Waals surface area contributed by atoms with Crippen LogP contribution in [0.15, 0.2) is 36.4 Å². The van der Waals surface area contributed by atoms with E-state index in [4.69, 9.17) is 0 Å². The van der Waals surface area contributed by atoms with Gasteiger partial charge in [-0.05, 0) is 29.3 Å². The highest BCUT2D eigenvalue weighted by Gasteiger charge is 2.46. The van der Waals surface area contributed by atoms with Gasteiger partial charge in [-0.3, -0.25) is 10.2 Å². The Labute approximate surface area is 125 Å². The van der Waals surface area contributed by atoms with Gasteiger partial charge in [0.25, 0.3) is 0 Å². The van der Waals surface area contributed by atoms with Crippen LogP contribution in [-0.4, -0.2) is 23.6 Å². The molecule has 3 nitrogen and oxygen atoms in total. The highest BCUT2D eigenvalue weighted by atomic mass is 19.4. The minimum atomic E-state index is -4.46. The monoisotopic (exact) mass is 308 g/mol. The standard InChI is InChI=1S/C16H15F3N2O/c1-10-2-3-12-9-13(5-4-11(12)8-10)15(16(17,18)19)21-7-6-14(22)20-21/h2-5,8-9,15H,6-7H2,1H3,(H,20,22). The molecule has 0 spiro atoms. The second kappa shape index (κ2) is 5.28. The van der Waals surface area contributed by atoms with E-state index < -0.39 is 12.2 Å². The van der Waals surface area contributed by atoms with Crippen molar-refractivity contribution < 1.29 is 18.0 Å². The number of hydrogen-bond donors (Lipinski definition) is 1. The van der Waals surface area contributed by atoms with Crippen LogP contribution in [0.4, 0.5) is 13.2 Å². The average Bonchev–Trinajstić information content (AvgIpc) is 2.83. The smallest absolute Gasteiger partial charge is 0.288 e. The molecule has 116 valence electrons. The molecule has 0 aliphatic carbocycles. The molecule has 6 heteroatoms. The molecule has 1 aliphatic heterocycles. The van der Waals surface area contributed by atoms with Crippen molar-refractivity contribution in [3.8, 4) is 0 Å². The lowest BCUT2D eigenvalue weighted by atomic mass is 10.00. The first-order valence-electron chi connectivity index (χ1n) is 6.98. The predicted octanol–water partition coefficient (Wildman–Crippen LogP) is 3.49. The summed E-state index contributed by atoms with van der Waals surface area (Å²) in [5.41, 5.74) is 3.48. The van der Waals surface area contributed by atoms with Crippen molar-refractivity contribution in [2.45, 2.75) is 25.6 Å². The van der Waals surface area contributed by atoms with Crippen LogP contribution in [0.25, 0.3) is 10.8 Å². The number of halogens is 3. The number of nitrogens with zero attached hydrogens (tertiary/aromatic N) is 1. The second-order valence-electron chi connectivity index (χ2n) is 5.53. The van der Waals surface area contributed by atoms with Crippen LogP contribution in [-0.2, 0) is 4.79 Å². The highest BCUT2D eigenvalue weighted by Crippen LogP contribution is 2.38. The topological polar surface area (TPSA) is 32.3 Å². The zero-order valence-electron chi connectivity index (χ0n) is 11.9. The molecule has 1 unspecified atom stereocenters. The third-order valence-corrected chi connectivity index (χ3v) is 3.81. The summed E-state index contributed by atoms with van der Waals surface area (Å²) in [5, 5.41) is 2.62. The fraction of sp³-hybridized carbons (Fsp3) is 0.312. The maximum Gasteiger partial charge on any atom is 0.409 e. The molecule has 22 heavy (non-hydrogen) atoms. The van der Waals surface area contributed by atoms with Crippen LogP contribution in [0.3, 0.4) is 0 Å². The van der Waals surface area contributed by atoms with E-state index in [1.165, 1.54) is 12.1 Å². The van der Waals surface area contributed by atoms with Gasteiger partial charge >= 0.3 is 6.18 Å². The van der Waals surface area contributed by atoms with Crippen molar-refractivity contribution in [1.29, 1.82) is 0 Å². The number of alkyl halides is 3. The summed E-state index contributed by atoms with van der Waals surface area (Å²) < 4.78 is 40.4. The van der Waals surface area contributed by atoms with Crippen molar-refractivity contribution in [2.24, 2.45) is 0 Å². The predicted molar refractivity (Wildman–Crippen MR) is 76.9 cm³/mol. The van der Waals surface area contributed by atoms with Gasteiger partial charge in [0, 0.05) is 13.0 Å². The van der Waals surface area contributed by atoms with E-state index in [1.54, 1.807) is 6.07 Å². The van der Waals surface area contributed by atoms with Gasteiger partial charge in [0.1, 0.15) is 6.04 Å². The minimum absolute atomic E-state index is 0.0505. The van der Waals surface area contributed by atoms with Crippen molar-refractivity contribution in [3.05, 3.63) is 47.5 Å². The molecule has 0 aromatic heterocycles. The fourth-order valence-electron chi connectivity index (χ4n) is 2.79. The molecule has 1 atom stereocenters. The Hall–Kier alpha value is -2.08. The Kier molecular flexibility index (Phi) is 3.56. The van der Waals surface area contributed by atoms with E-state index in [0.717, 1.165) is 21.3 Å². The molecule has 0 radical (unpaired) electrons. The van der Waals surface area contributed by atoms with E-state index in [1.807, 2.05) is 25.1 Å². The number of hydrogen-bond acceptors (Lipinski definition) is 2. The van der Waals surface area contributed by atoms with E-state index >= 15 is 0 Å². The van der Waals surface area contributed by atoms with Crippen molar-refractivity contribution in [2.75, 3.05) is 6.54 Å². The Balaban J connectivity index is 2.04. The molecular formula is C16H15F3N2O. The number of nitrogens with one attached hydrogen (secondary N) is 1. The number of aryl methyl sites for hydroxylation is 1. The number of carbonyl (C=O) groups excluding carboxylic acids is 1. The number of carbonyl (C=O) groups is 1. The Morgan fingerprint density at radius 1 is 1.14 bits per heavy atom. The summed E-state index contributed by atoms with van der Waals surface area (Å²) in [7, 11) is 0. The molecule has 1 saturated heterocycles. The summed E-state index contributed by atoms with van der Waals surface area (Å²) in [6.07, 6.45) is -4.38. The van der Waals surface area contributed by atoms with Crippen molar-refractivity contribution in [1.82, 2.24) is 10.4 Å². The van der Waals surface area contributed by atoms with E-state index in [2.05, 4.69) is 5.43 Å². The zero-order valence-corrected chi connectivity index (χ0v) is 11.9. The van der Waals surface area contributed by atoms with Gasteiger partial charge in [-0.25, -0.2) is 5.01 Å². The molecular weight excluding hydrogens is 293 g/mol. The first-order chi connectivity index (χ1) is 10.3. The van der Waals surface area contributed by atoms with Crippen LogP contribution in [0, 0.1) is 6.92 Å². The van der Waals surface area contributed by atoms with Gasteiger partial charge < -0.3 is 0 Å². The molecule has 3 rings (SSSR count). The molecule has 1 N–H and O–H groups in total. The minimum Gasteiger partial charge on any atom is -0.288 e. The quantitative estimate of drug-likeness (QED) is 0.921. The van der Waals surface area contributed by atoms with Crippen LogP contribution in [0.2, 0.25) is 0 Å². The van der Waals surface area contributed by atoms with Crippen LogP contribution >= 0.6 is 0 Å². The Morgan fingerprint density at radius 3 is 2.45 bits per heavy atom. The summed E-state index contributed by atoms with van der Waals surface area (Å²) in [4.78, 5) is 11.2. The van der Waals surface area contributed by atoms with Gasteiger partial charge in [-0.15, -0.1) is 0 Å². The lowest BCUT2D eigenvalue weighted by molar-refractivity contribution is -0.191. The zero-order chi connectivity index (χ0) is 15.9. The maximum atomic E-state index is 13.5. The third kappa shape index (κ3) is 2.78. The number of fused-ring (bicyclic) bond motifs is 1. The molecule has 0 bridgehead atoms. The third-order valence-electron chi connectivity index (χ3n) is 3.81. The molecule has 2 aromatic carbocycles. The van der Waals surface area contributed by atoms with Gasteiger partial charge in [0.05, 0.1) is 0 Å². The lowest BCUT2D eigenvalue weighted by Gasteiger charge is -2.29. The van der Waals surface area contributed by atoms with E-state index in [0.29, 0.717) is 0 Å². The maximum absolute atomic E-state index is 13.5. The Bertz CT molecular complexity index is 727. The first kappa shape index (κ1) is 14.8. The first-order valence-corrected chi connectivity index (χ1v) is 6.98. The van der Waals surface area contributed by atoms with Crippen LogP contribution in [0.5, 0.6) is 0 Å². The van der Waals surface area contributed by atoms with E-state index in [-0.39, 0.29) is 24.4 Å². The lowest BCUT2D eigenvalue weighted by Crippen LogP contribution is -2.43. The summed E-state index contributed by atoms with van der Waals surface area (Å²) >= 11 is 0. The van der Waals surface area contributed by atoms with Gasteiger partial charge in [0.15, 0.2) is 0 Å². The van der Waals surface area contributed by atoms with Gasteiger partial charge in [-0.2, -0.15) is 13.2 Å². The largest absolute Gasteiger partial charge is 0.409 e. The normalized spacial score (nSPS) is 17.7. The molecule has 1 heterocycles. The van der Waals surface area contributed by atoms with Crippen molar-refractivity contribution in [3.63, 3.8) is 0 Å². The van der Waals surface area contributed by atoms with Crippen LogP contribution in [0.1, 0.15) is 23.6 Å². The molecule has 1 amide bonds. The van der Waals surface area contributed by atoms with Crippen molar-refractivity contribution >= 4 is 16.7 Å². The number of benzene rings is 2. The highest BCUT2D eigenvalue weighted by molar-refractivity contribution is 5.84. The summed E-state index contributed by atoms with van der Waals surface area (Å²) in [6, 6.07) is 8.48. The molecule has 0 saturated carbocycles. The SMILES string of the molecule is Cc1ccc2cc(C(N3CCC(=O)N3)C(F)(F)F)ccc2c1. The van der Waals surface area contributed by atoms with Gasteiger partial charge in [-0.1, -0.05) is 35.9 Å². The Morgan fingerprint density at radius 2 is 1.82 bits per heavy atom. The summed E-state index contributed by atoms with van der Waals surface area (Å²) in [6.45, 7) is 1.99. The summed E-state index contributed by atoms with van der Waals surface area (Å²) in [5.74, 6) is -0.384. The fourth-order valence-corrected chi connectivity index (χ4v) is 2.79. The van der Waals surface area contributed by atoms with Gasteiger partial charge in [0.2, 0.25) is 5.91 Å². The average molecular weight is 308 g/mol. The molecule has 1 fully saturated rings. The number of amides is 1. The van der Waals surface area contributed by atoms with Crippen LogP contribution < -0.4 is 5.43 Å². The number of hydrazine groups is 1. The molecule has 2 aromatic rings. The van der Waals surface area contributed by atoms with E-state index in [9.17, 15) is 18.0 Å². The number of rotatable bonds is 2.